The fourth-order valence-electron chi connectivity index (χ4n) is 2.22. The summed E-state index contributed by atoms with van der Waals surface area (Å²) in [4.78, 5) is 21.3. The van der Waals surface area contributed by atoms with Crippen LogP contribution in [0.2, 0.25) is 0 Å². The lowest BCUT2D eigenvalue weighted by Gasteiger charge is -2.12. The average Bonchev–Trinajstić information content (AvgIpc) is 2.84. The van der Waals surface area contributed by atoms with Crippen molar-refractivity contribution in [3.63, 3.8) is 0 Å². The zero-order chi connectivity index (χ0) is 15.7. The number of benzene rings is 1. The molecule has 0 bridgehead atoms. The van der Waals surface area contributed by atoms with Gasteiger partial charge in [-0.2, -0.15) is 0 Å². The van der Waals surface area contributed by atoms with Gasteiger partial charge in [0.25, 0.3) is 0 Å². The molecule has 1 atom stereocenters. The first kappa shape index (κ1) is 14.6. The van der Waals surface area contributed by atoms with Crippen molar-refractivity contribution in [2.75, 3.05) is 0 Å². The molecule has 2 heterocycles. The first-order chi connectivity index (χ1) is 10.6. The van der Waals surface area contributed by atoms with Crippen LogP contribution in [0.3, 0.4) is 0 Å². The van der Waals surface area contributed by atoms with Gasteiger partial charge in [0.1, 0.15) is 11.6 Å². The fraction of sp³-hybridized carbons (Fsp3) is 0.188. The molecule has 2 aromatic heterocycles. The van der Waals surface area contributed by atoms with Crippen LogP contribution in [-0.2, 0) is 4.79 Å². The van der Waals surface area contributed by atoms with Crippen LogP contribution in [0.1, 0.15) is 18.5 Å². The van der Waals surface area contributed by atoms with Crippen molar-refractivity contribution in [1.82, 2.24) is 14.5 Å². The number of aliphatic carboxylic acids is 1. The summed E-state index contributed by atoms with van der Waals surface area (Å²) in [5, 5.41) is 10.00. The summed E-state index contributed by atoms with van der Waals surface area (Å²) < 4.78 is 1.67. The minimum atomic E-state index is -0.906. The normalized spacial score (nSPS) is 12.5. The second kappa shape index (κ2) is 5.81. The van der Waals surface area contributed by atoms with Crippen molar-refractivity contribution in [3.8, 4) is 0 Å². The van der Waals surface area contributed by atoms with E-state index in [2.05, 4.69) is 9.97 Å². The lowest BCUT2D eigenvalue weighted by atomic mass is 10.2. The van der Waals surface area contributed by atoms with Crippen molar-refractivity contribution >= 4 is 28.9 Å². The largest absolute Gasteiger partial charge is 0.480 e. The lowest BCUT2D eigenvalue weighted by molar-refractivity contribution is -0.140. The van der Waals surface area contributed by atoms with Gasteiger partial charge in [-0.3, -0.25) is 4.57 Å². The molecule has 22 heavy (non-hydrogen) atoms. The van der Waals surface area contributed by atoms with Crippen molar-refractivity contribution in [3.05, 3.63) is 48.2 Å². The number of rotatable bonds is 4. The highest BCUT2D eigenvalue weighted by Crippen LogP contribution is 2.32. The number of fused-ring (bicyclic) bond motifs is 1. The van der Waals surface area contributed by atoms with E-state index >= 15 is 0 Å². The molecule has 1 aromatic carbocycles. The number of hydrogen-bond donors (Lipinski definition) is 1. The Kier molecular flexibility index (Phi) is 3.85. The Bertz CT molecular complexity index is 844. The highest BCUT2D eigenvalue weighted by molar-refractivity contribution is 7.99. The van der Waals surface area contributed by atoms with Gasteiger partial charge in [0, 0.05) is 11.1 Å². The molecule has 0 saturated heterocycles. The van der Waals surface area contributed by atoms with Gasteiger partial charge in [-0.15, -0.1) is 0 Å². The Morgan fingerprint density at radius 1 is 1.32 bits per heavy atom. The summed E-state index contributed by atoms with van der Waals surface area (Å²) in [5.41, 5.74) is 2.44. The molecule has 0 saturated carbocycles. The van der Waals surface area contributed by atoms with E-state index in [0.717, 1.165) is 10.5 Å². The van der Waals surface area contributed by atoms with Crippen LogP contribution in [0.15, 0.2) is 52.6 Å². The first-order valence-corrected chi connectivity index (χ1v) is 7.68. The third kappa shape index (κ3) is 2.69. The van der Waals surface area contributed by atoms with Crippen molar-refractivity contribution in [1.29, 1.82) is 0 Å². The van der Waals surface area contributed by atoms with E-state index in [1.807, 2.05) is 37.3 Å². The average molecular weight is 313 g/mol. The molecule has 0 aliphatic rings. The maximum Gasteiger partial charge on any atom is 0.326 e. The second-order valence-electron chi connectivity index (χ2n) is 5.04. The van der Waals surface area contributed by atoms with Crippen LogP contribution in [0.4, 0.5) is 0 Å². The standard InChI is InChI=1S/C16H15N3O2S/c1-10-5-3-6-12(9-10)22-16-18-13-7-4-8-17-14(13)19(16)11(2)15(20)21/h3-9,11H,1-2H3,(H,20,21). The zero-order valence-corrected chi connectivity index (χ0v) is 13.0. The smallest absolute Gasteiger partial charge is 0.326 e. The van der Waals surface area contributed by atoms with Gasteiger partial charge in [-0.05, 0) is 38.1 Å². The zero-order valence-electron chi connectivity index (χ0n) is 12.2. The molecule has 3 rings (SSSR count). The van der Waals surface area contributed by atoms with E-state index in [-0.39, 0.29) is 0 Å². The second-order valence-corrected chi connectivity index (χ2v) is 6.08. The number of imidazole rings is 1. The van der Waals surface area contributed by atoms with Crippen molar-refractivity contribution in [2.45, 2.75) is 29.9 Å². The van der Waals surface area contributed by atoms with Crippen LogP contribution < -0.4 is 0 Å². The van der Waals surface area contributed by atoms with Gasteiger partial charge >= 0.3 is 5.97 Å². The fourth-order valence-corrected chi connectivity index (χ4v) is 3.31. The van der Waals surface area contributed by atoms with Gasteiger partial charge in [0.05, 0.1) is 0 Å². The minimum absolute atomic E-state index is 0.590. The molecule has 0 radical (unpaired) electrons. The monoisotopic (exact) mass is 313 g/mol. The van der Waals surface area contributed by atoms with E-state index in [4.69, 9.17) is 0 Å². The van der Waals surface area contributed by atoms with Gasteiger partial charge in [0.15, 0.2) is 10.8 Å². The Balaban J connectivity index is 2.12. The van der Waals surface area contributed by atoms with Crippen LogP contribution >= 0.6 is 11.8 Å². The molecule has 112 valence electrons. The molecule has 0 spiro atoms. The Morgan fingerprint density at radius 3 is 2.86 bits per heavy atom. The summed E-state index contributed by atoms with van der Waals surface area (Å²) in [6.45, 7) is 3.66. The molecule has 0 aliphatic heterocycles. The number of nitrogens with zero attached hydrogens (tertiary/aromatic N) is 3. The Morgan fingerprint density at radius 2 is 2.14 bits per heavy atom. The predicted octanol–water partition coefficient (Wildman–Crippen LogP) is 3.54. The van der Waals surface area contributed by atoms with Crippen LogP contribution in [0.25, 0.3) is 11.2 Å². The minimum Gasteiger partial charge on any atom is -0.480 e. The summed E-state index contributed by atoms with van der Waals surface area (Å²) in [5.74, 6) is -0.906. The number of aryl methyl sites for hydroxylation is 1. The number of pyridine rings is 1. The quantitative estimate of drug-likeness (QED) is 0.798. The van der Waals surface area contributed by atoms with Crippen molar-refractivity contribution < 1.29 is 9.90 Å². The van der Waals surface area contributed by atoms with E-state index in [9.17, 15) is 9.90 Å². The maximum atomic E-state index is 11.4. The predicted molar refractivity (Wildman–Crippen MR) is 85.2 cm³/mol. The molecule has 0 amide bonds. The summed E-state index contributed by atoms with van der Waals surface area (Å²) in [7, 11) is 0. The molecule has 3 aromatic rings. The van der Waals surface area contributed by atoms with Crippen LogP contribution in [0, 0.1) is 6.92 Å². The number of hydrogen-bond acceptors (Lipinski definition) is 4. The van der Waals surface area contributed by atoms with Gasteiger partial charge in [-0.1, -0.05) is 29.5 Å². The highest BCUT2D eigenvalue weighted by atomic mass is 32.2. The van der Waals surface area contributed by atoms with E-state index in [1.54, 1.807) is 23.8 Å². The maximum absolute atomic E-state index is 11.4. The van der Waals surface area contributed by atoms with E-state index in [0.29, 0.717) is 16.3 Å². The number of carbonyl (C=O) groups is 1. The summed E-state index contributed by atoms with van der Waals surface area (Å²) in [6, 6.07) is 10.9. The topological polar surface area (TPSA) is 68.0 Å². The molecule has 1 N–H and O–H groups in total. The number of carboxylic acid groups (broad SMARTS) is 1. The van der Waals surface area contributed by atoms with Gasteiger partial charge < -0.3 is 5.11 Å². The molecule has 6 heteroatoms. The highest BCUT2D eigenvalue weighted by Gasteiger charge is 2.22. The lowest BCUT2D eigenvalue weighted by Crippen LogP contribution is -2.16. The number of aromatic nitrogens is 3. The first-order valence-electron chi connectivity index (χ1n) is 6.86. The number of carboxylic acids is 1. The molecule has 5 nitrogen and oxygen atoms in total. The van der Waals surface area contributed by atoms with Gasteiger partial charge in [-0.25, -0.2) is 14.8 Å². The summed E-state index contributed by atoms with van der Waals surface area (Å²) >= 11 is 1.45. The van der Waals surface area contributed by atoms with Crippen LogP contribution in [0.5, 0.6) is 0 Å². The third-order valence-corrected chi connectivity index (χ3v) is 4.32. The van der Waals surface area contributed by atoms with E-state index < -0.39 is 12.0 Å². The van der Waals surface area contributed by atoms with Crippen LogP contribution in [-0.4, -0.2) is 25.6 Å². The molecular weight excluding hydrogens is 298 g/mol. The van der Waals surface area contributed by atoms with E-state index in [1.165, 1.54) is 11.8 Å². The summed E-state index contributed by atoms with van der Waals surface area (Å²) in [6.07, 6.45) is 1.65. The molecule has 0 fully saturated rings. The Labute approximate surface area is 132 Å². The SMILES string of the molecule is Cc1cccc(Sc2nc3cccnc3n2C(C)C(=O)O)c1. The van der Waals surface area contributed by atoms with Crippen molar-refractivity contribution in [2.24, 2.45) is 0 Å². The Hall–Kier alpha value is -2.34. The molecule has 1 unspecified atom stereocenters. The molecule has 0 aliphatic carbocycles. The molecular formula is C16H15N3O2S. The van der Waals surface area contributed by atoms with Gasteiger partial charge in [0.2, 0.25) is 0 Å². The third-order valence-electron chi connectivity index (χ3n) is 3.36.